The molecule has 19 heavy (non-hydrogen) atoms. The number of rotatable bonds is 4. The van der Waals surface area contributed by atoms with Gasteiger partial charge in [-0.15, -0.1) is 0 Å². The van der Waals surface area contributed by atoms with Crippen molar-refractivity contribution in [2.24, 2.45) is 11.1 Å². The molecule has 3 heteroatoms. The zero-order valence-corrected chi connectivity index (χ0v) is 11.6. The maximum Gasteiger partial charge on any atom is 0.323 e. The average Bonchev–Trinajstić information content (AvgIpc) is 2.35. The molecule has 102 valence electrons. The molecule has 0 aromatic heterocycles. The Kier molecular flexibility index (Phi) is 2.72. The summed E-state index contributed by atoms with van der Waals surface area (Å²) < 4.78 is 4.76. The van der Waals surface area contributed by atoms with Crippen LogP contribution >= 0.6 is 0 Å². The van der Waals surface area contributed by atoms with Crippen LogP contribution in [0.3, 0.4) is 0 Å². The van der Waals surface area contributed by atoms with E-state index in [9.17, 15) is 4.79 Å². The second-order valence-corrected chi connectivity index (χ2v) is 6.22. The number of nitrogens with two attached hydrogens (primary N) is 1. The van der Waals surface area contributed by atoms with E-state index in [4.69, 9.17) is 10.5 Å². The van der Waals surface area contributed by atoms with Crippen LogP contribution in [0.25, 0.3) is 0 Å². The van der Waals surface area contributed by atoms with E-state index < -0.39 is 6.04 Å². The third kappa shape index (κ3) is 1.64. The first-order valence-electron chi connectivity index (χ1n) is 6.98. The fraction of sp³-hybridized carbons (Fsp3) is 0.562. The lowest BCUT2D eigenvalue weighted by Crippen LogP contribution is -2.72. The highest BCUT2D eigenvalue weighted by Gasteiger charge is 2.71. The summed E-state index contributed by atoms with van der Waals surface area (Å²) in [5.74, 6) is -0.269. The van der Waals surface area contributed by atoms with Crippen molar-refractivity contribution in [2.75, 3.05) is 7.11 Å². The number of hydrogen-bond donors (Lipinski definition) is 1. The molecule has 0 amide bonds. The predicted octanol–water partition coefficient (Wildman–Crippen LogP) is 2.17. The van der Waals surface area contributed by atoms with Crippen molar-refractivity contribution in [2.45, 2.75) is 44.1 Å². The van der Waals surface area contributed by atoms with E-state index in [0.717, 1.165) is 25.7 Å². The van der Waals surface area contributed by atoms with Gasteiger partial charge in [0.25, 0.3) is 0 Å². The second kappa shape index (κ2) is 4.07. The minimum atomic E-state index is -0.450. The molecule has 1 atom stereocenters. The highest BCUT2D eigenvalue weighted by Crippen LogP contribution is 2.74. The highest BCUT2D eigenvalue weighted by atomic mass is 16.5. The van der Waals surface area contributed by atoms with Gasteiger partial charge in [0.2, 0.25) is 0 Å². The normalized spacial score (nSPS) is 33.0. The molecule has 3 aliphatic rings. The highest BCUT2D eigenvalue weighted by molar-refractivity contribution is 5.77. The van der Waals surface area contributed by atoms with E-state index in [0.29, 0.717) is 0 Å². The van der Waals surface area contributed by atoms with E-state index in [2.05, 4.69) is 31.2 Å². The molecule has 0 radical (unpaired) electrons. The van der Waals surface area contributed by atoms with Crippen LogP contribution in [0.4, 0.5) is 0 Å². The molecule has 0 spiro atoms. The molecule has 0 aliphatic heterocycles. The van der Waals surface area contributed by atoms with Gasteiger partial charge in [0.1, 0.15) is 6.04 Å². The minimum absolute atomic E-state index is 0.0104. The molecule has 0 saturated heterocycles. The number of hydrogen-bond acceptors (Lipinski definition) is 3. The van der Waals surface area contributed by atoms with E-state index in [1.165, 1.54) is 18.2 Å². The van der Waals surface area contributed by atoms with Crippen molar-refractivity contribution in [3.8, 4) is 0 Å². The summed E-state index contributed by atoms with van der Waals surface area (Å²) in [5, 5.41) is 0. The quantitative estimate of drug-likeness (QED) is 0.843. The molecule has 4 rings (SSSR count). The molecular weight excluding hydrogens is 238 g/mol. The fourth-order valence-corrected chi connectivity index (χ4v) is 3.97. The smallest absolute Gasteiger partial charge is 0.323 e. The van der Waals surface area contributed by atoms with Crippen LogP contribution in [0.1, 0.15) is 37.3 Å². The standard InChI is InChI=1S/C16H21NO2/c1-3-11-4-6-12(7-5-11)15-8-16(9-15,10-15)13(17)14(18)19-2/h4-7,13H,3,8-10,17H2,1-2H3. The molecular formula is C16H21NO2. The fourth-order valence-electron chi connectivity index (χ4n) is 3.97. The van der Waals surface area contributed by atoms with Crippen LogP contribution in [0, 0.1) is 5.41 Å². The van der Waals surface area contributed by atoms with Gasteiger partial charge in [-0.25, -0.2) is 0 Å². The summed E-state index contributed by atoms with van der Waals surface area (Å²) >= 11 is 0. The third-order valence-corrected chi connectivity index (χ3v) is 5.16. The van der Waals surface area contributed by atoms with Gasteiger partial charge >= 0.3 is 5.97 Å². The van der Waals surface area contributed by atoms with Crippen LogP contribution in [0.2, 0.25) is 0 Å². The van der Waals surface area contributed by atoms with Gasteiger partial charge in [-0.05, 0) is 47.6 Å². The number of aryl methyl sites for hydroxylation is 1. The van der Waals surface area contributed by atoms with E-state index >= 15 is 0 Å². The lowest BCUT2D eigenvalue weighted by molar-refractivity contribution is -0.181. The average molecular weight is 259 g/mol. The van der Waals surface area contributed by atoms with Crippen molar-refractivity contribution in [3.05, 3.63) is 35.4 Å². The van der Waals surface area contributed by atoms with Gasteiger partial charge in [-0.3, -0.25) is 4.79 Å². The molecule has 1 aromatic carbocycles. The SMILES string of the molecule is CCc1ccc(C23CC(C(N)C(=O)OC)(C2)C3)cc1. The largest absolute Gasteiger partial charge is 0.468 e. The Morgan fingerprint density at radius 3 is 2.37 bits per heavy atom. The topological polar surface area (TPSA) is 52.3 Å². The van der Waals surface area contributed by atoms with Crippen LogP contribution in [0.15, 0.2) is 24.3 Å². The monoisotopic (exact) mass is 259 g/mol. The van der Waals surface area contributed by atoms with Crippen molar-refractivity contribution in [1.82, 2.24) is 0 Å². The Bertz CT molecular complexity index is 486. The second-order valence-electron chi connectivity index (χ2n) is 6.22. The first kappa shape index (κ1) is 12.7. The molecule has 3 nitrogen and oxygen atoms in total. The number of carbonyl (C=O) groups excluding carboxylic acids is 1. The number of ether oxygens (including phenoxy) is 1. The van der Waals surface area contributed by atoms with Crippen LogP contribution in [-0.2, 0) is 21.4 Å². The number of carbonyl (C=O) groups is 1. The first-order valence-corrected chi connectivity index (χ1v) is 6.98. The number of esters is 1. The van der Waals surface area contributed by atoms with Crippen LogP contribution < -0.4 is 5.73 Å². The Hall–Kier alpha value is -1.35. The molecule has 1 unspecified atom stereocenters. The predicted molar refractivity (Wildman–Crippen MR) is 73.8 cm³/mol. The molecule has 3 fully saturated rings. The van der Waals surface area contributed by atoms with Crippen LogP contribution in [-0.4, -0.2) is 19.1 Å². The maximum absolute atomic E-state index is 11.6. The van der Waals surface area contributed by atoms with Crippen molar-refractivity contribution < 1.29 is 9.53 Å². The summed E-state index contributed by atoms with van der Waals surface area (Å²) in [6, 6.07) is 8.46. The van der Waals surface area contributed by atoms with Gasteiger partial charge in [0, 0.05) is 0 Å². The molecule has 1 aromatic rings. The Balaban J connectivity index is 1.70. The van der Waals surface area contributed by atoms with Crippen molar-refractivity contribution in [1.29, 1.82) is 0 Å². The Morgan fingerprint density at radius 1 is 1.32 bits per heavy atom. The van der Waals surface area contributed by atoms with Crippen molar-refractivity contribution >= 4 is 5.97 Å². The van der Waals surface area contributed by atoms with Crippen molar-refractivity contribution in [3.63, 3.8) is 0 Å². The van der Waals surface area contributed by atoms with Gasteiger partial charge in [0.15, 0.2) is 0 Å². The van der Waals surface area contributed by atoms with Gasteiger partial charge in [-0.2, -0.15) is 0 Å². The molecule has 3 saturated carbocycles. The van der Waals surface area contributed by atoms with Crippen LogP contribution in [0.5, 0.6) is 0 Å². The number of benzene rings is 1. The van der Waals surface area contributed by atoms with E-state index in [-0.39, 0.29) is 16.8 Å². The van der Waals surface area contributed by atoms with E-state index in [1.807, 2.05) is 0 Å². The number of methoxy groups -OCH3 is 1. The van der Waals surface area contributed by atoms with Gasteiger partial charge in [0.05, 0.1) is 7.11 Å². The molecule has 3 aliphatic carbocycles. The summed E-state index contributed by atoms with van der Waals surface area (Å²) in [6.45, 7) is 2.17. The lowest BCUT2D eigenvalue weighted by Gasteiger charge is -2.72. The third-order valence-electron chi connectivity index (χ3n) is 5.16. The summed E-state index contributed by atoms with van der Waals surface area (Å²) in [5.41, 5.74) is 9.09. The van der Waals surface area contributed by atoms with Gasteiger partial charge in [-0.1, -0.05) is 31.2 Å². The lowest BCUT2D eigenvalue weighted by atomic mass is 9.31. The summed E-state index contributed by atoms with van der Waals surface area (Å²) in [4.78, 5) is 11.6. The van der Waals surface area contributed by atoms with E-state index in [1.54, 1.807) is 0 Å². The minimum Gasteiger partial charge on any atom is -0.468 e. The van der Waals surface area contributed by atoms with Gasteiger partial charge < -0.3 is 10.5 Å². The maximum atomic E-state index is 11.6. The molecule has 2 bridgehead atoms. The molecule has 2 N–H and O–H groups in total. The Labute approximate surface area is 114 Å². The first-order chi connectivity index (χ1) is 9.05. The zero-order valence-electron chi connectivity index (χ0n) is 11.6. The Morgan fingerprint density at radius 2 is 1.89 bits per heavy atom. The summed E-state index contributed by atoms with van der Waals surface area (Å²) in [6.07, 6.45) is 4.16. The zero-order chi connectivity index (χ0) is 13.7. The summed E-state index contributed by atoms with van der Waals surface area (Å²) in [7, 11) is 1.41. The molecule has 0 heterocycles.